The Balaban J connectivity index is 2.22. The van der Waals surface area contributed by atoms with E-state index in [-0.39, 0.29) is 11.7 Å². The van der Waals surface area contributed by atoms with Crippen LogP contribution in [0.4, 0.5) is 10.7 Å². The van der Waals surface area contributed by atoms with E-state index in [4.69, 9.17) is 5.73 Å². The third kappa shape index (κ3) is 3.95. The zero-order valence-corrected chi connectivity index (χ0v) is 14.8. The van der Waals surface area contributed by atoms with E-state index in [2.05, 4.69) is 5.32 Å². The number of anilines is 2. The van der Waals surface area contributed by atoms with E-state index < -0.39 is 0 Å². The first-order valence-corrected chi connectivity index (χ1v) is 9.85. The number of hydrogen-bond acceptors (Lipinski definition) is 5. The van der Waals surface area contributed by atoms with Gasteiger partial charge in [0, 0.05) is 12.0 Å². The molecular formula is C16H26N2OS2. The molecule has 0 aromatic carbocycles. The number of thioether (sulfide) groups is 1. The molecule has 3 N–H and O–H groups in total. The van der Waals surface area contributed by atoms with Crippen molar-refractivity contribution in [2.45, 2.75) is 63.3 Å². The highest BCUT2D eigenvalue weighted by molar-refractivity contribution is 7.99. The van der Waals surface area contributed by atoms with Gasteiger partial charge in [-0.2, -0.15) is 0 Å². The number of Topliss-reactive ketones (excluding diaryl/α,β-unsaturated/α-hetero) is 1. The van der Waals surface area contributed by atoms with E-state index in [9.17, 15) is 4.79 Å². The molecule has 118 valence electrons. The minimum Gasteiger partial charge on any atom is -0.396 e. The lowest BCUT2D eigenvalue weighted by atomic mass is 10.1. The lowest BCUT2D eigenvalue weighted by Gasteiger charge is -2.17. The molecule has 1 saturated carbocycles. The molecule has 0 saturated heterocycles. The summed E-state index contributed by atoms with van der Waals surface area (Å²) in [6, 6.07) is 0.526. The highest BCUT2D eigenvalue weighted by atomic mass is 32.2. The zero-order valence-electron chi connectivity index (χ0n) is 13.2. The summed E-state index contributed by atoms with van der Waals surface area (Å²) >= 11 is 3.18. The van der Waals surface area contributed by atoms with Crippen LogP contribution in [0.3, 0.4) is 0 Å². The summed E-state index contributed by atoms with van der Waals surface area (Å²) in [6.45, 7) is 3.86. The summed E-state index contributed by atoms with van der Waals surface area (Å²) in [5.74, 6) is 0.146. The van der Waals surface area contributed by atoms with Gasteiger partial charge in [-0.15, -0.1) is 23.1 Å². The van der Waals surface area contributed by atoms with Gasteiger partial charge in [-0.1, -0.05) is 39.5 Å². The zero-order chi connectivity index (χ0) is 15.4. The number of ketones is 1. The quantitative estimate of drug-likeness (QED) is 0.453. The Morgan fingerprint density at radius 3 is 2.43 bits per heavy atom. The van der Waals surface area contributed by atoms with E-state index in [0.717, 1.165) is 14.8 Å². The Labute approximate surface area is 136 Å². The van der Waals surface area contributed by atoms with Crippen LogP contribution in [-0.4, -0.2) is 18.1 Å². The summed E-state index contributed by atoms with van der Waals surface area (Å²) in [5.41, 5.74) is 6.89. The maximum absolute atomic E-state index is 12.3. The van der Waals surface area contributed by atoms with E-state index in [1.165, 1.54) is 38.5 Å². The van der Waals surface area contributed by atoms with Crippen molar-refractivity contribution in [2.75, 3.05) is 17.3 Å². The van der Waals surface area contributed by atoms with Crippen LogP contribution in [0.25, 0.3) is 0 Å². The van der Waals surface area contributed by atoms with Gasteiger partial charge in [0.15, 0.2) is 5.78 Å². The molecule has 0 aliphatic heterocycles. The molecule has 0 spiro atoms. The van der Waals surface area contributed by atoms with Crippen LogP contribution in [0.2, 0.25) is 0 Å². The summed E-state index contributed by atoms with van der Waals surface area (Å²) in [6.07, 6.45) is 9.75. The molecule has 1 fully saturated rings. The molecular weight excluding hydrogens is 300 g/mol. The average molecular weight is 327 g/mol. The fourth-order valence-electron chi connectivity index (χ4n) is 2.78. The fourth-order valence-corrected chi connectivity index (χ4v) is 4.97. The summed E-state index contributed by atoms with van der Waals surface area (Å²) in [7, 11) is 0. The second-order valence-corrected chi connectivity index (χ2v) is 7.90. The molecule has 3 nitrogen and oxygen atoms in total. The SMILES string of the molecule is CSc1c(NC2CCCCCC2)sc(C(=O)C(C)C)c1N. The maximum Gasteiger partial charge on any atom is 0.177 e. The van der Waals surface area contributed by atoms with E-state index in [1.807, 2.05) is 20.1 Å². The molecule has 1 aliphatic rings. The molecule has 1 aliphatic carbocycles. The Morgan fingerprint density at radius 2 is 1.90 bits per heavy atom. The van der Waals surface area contributed by atoms with Gasteiger partial charge in [-0.25, -0.2) is 0 Å². The molecule has 1 aromatic heterocycles. The number of carbonyl (C=O) groups is 1. The molecule has 2 rings (SSSR count). The van der Waals surface area contributed by atoms with Crippen molar-refractivity contribution in [1.29, 1.82) is 0 Å². The number of nitrogen functional groups attached to an aromatic ring is 1. The number of nitrogens with two attached hydrogens (primary N) is 1. The van der Waals surface area contributed by atoms with Crippen LogP contribution in [0.5, 0.6) is 0 Å². The van der Waals surface area contributed by atoms with Crippen LogP contribution in [0, 0.1) is 5.92 Å². The standard InChI is InChI=1S/C16H26N2OS2/c1-10(2)13(19)14-12(17)15(20-3)16(21-14)18-11-8-6-4-5-7-9-11/h10-11,18H,4-9,17H2,1-3H3. The van der Waals surface area contributed by atoms with Crippen LogP contribution in [0.15, 0.2) is 4.90 Å². The summed E-state index contributed by atoms with van der Waals surface area (Å²) < 4.78 is 0. The van der Waals surface area contributed by atoms with Crippen LogP contribution >= 0.6 is 23.1 Å². The first-order valence-electron chi connectivity index (χ1n) is 7.81. The minimum absolute atomic E-state index is 0.00798. The Bertz CT molecular complexity index is 489. The number of hydrogen-bond donors (Lipinski definition) is 2. The van der Waals surface area contributed by atoms with Crippen molar-refractivity contribution < 1.29 is 4.79 Å². The van der Waals surface area contributed by atoms with Crippen molar-refractivity contribution >= 4 is 39.6 Å². The molecule has 0 atom stereocenters. The topological polar surface area (TPSA) is 55.1 Å². The Kier molecular flexibility index (Phi) is 5.99. The first-order chi connectivity index (χ1) is 10.0. The molecule has 1 aromatic rings. The normalized spacial score (nSPS) is 17.0. The summed E-state index contributed by atoms with van der Waals surface area (Å²) in [4.78, 5) is 14.1. The molecule has 5 heteroatoms. The lowest BCUT2D eigenvalue weighted by molar-refractivity contribution is 0.0944. The summed E-state index contributed by atoms with van der Waals surface area (Å²) in [5, 5.41) is 4.75. The van der Waals surface area contributed by atoms with Gasteiger partial charge in [-0.3, -0.25) is 4.79 Å². The second kappa shape index (κ2) is 7.54. The van der Waals surface area contributed by atoms with E-state index >= 15 is 0 Å². The van der Waals surface area contributed by atoms with Gasteiger partial charge < -0.3 is 11.1 Å². The molecule has 0 amide bonds. The highest BCUT2D eigenvalue weighted by Crippen LogP contribution is 2.43. The van der Waals surface area contributed by atoms with Crippen molar-refractivity contribution in [3.63, 3.8) is 0 Å². The smallest absolute Gasteiger partial charge is 0.177 e. The van der Waals surface area contributed by atoms with E-state index in [0.29, 0.717) is 11.7 Å². The van der Waals surface area contributed by atoms with Gasteiger partial charge in [0.1, 0.15) is 5.00 Å². The Hall–Kier alpha value is -0.680. The monoisotopic (exact) mass is 326 g/mol. The van der Waals surface area contributed by atoms with Crippen LogP contribution in [-0.2, 0) is 0 Å². The van der Waals surface area contributed by atoms with Crippen molar-refractivity contribution in [3.8, 4) is 0 Å². The van der Waals surface area contributed by atoms with Gasteiger partial charge in [0.05, 0.1) is 15.5 Å². The number of thiophene rings is 1. The molecule has 0 bridgehead atoms. The van der Waals surface area contributed by atoms with Crippen molar-refractivity contribution in [3.05, 3.63) is 4.88 Å². The number of carbonyl (C=O) groups excluding carboxylic acids is 1. The third-order valence-electron chi connectivity index (χ3n) is 4.04. The molecule has 1 heterocycles. The maximum atomic E-state index is 12.3. The van der Waals surface area contributed by atoms with Gasteiger partial charge in [0.2, 0.25) is 0 Å². The predicted octanol–water partition coefficient (Wildman–Crippen LogP) is 5.03. The predicted molar refractivity (Wildman–Crippen MR) is 94.8 cm³/mol. The van der Waals surface area contributed by atoms with Crippen molar-refractivity contribution in [2.24, 2.45) is 5.92 Å². The van der Waals surface area contributed by atoms with Gasteiger partial charge in [-0.05, 0) is 19.1 Å². The fraction of sp³-hybridized carbons (Fsp3) is 0.688. The third-order valence-corrected chi connectivity index (χ3v) is 6.16. The van der Waals surface area contributed by atoms with E-state index in [1.54, 1.807) is 23.1 Å². The molecule has 0 radical (unpaired) electrons. The highest BCUT2D eigenvalue weighted by Gasteiger charge is 2.24. The average Bonchev–Trinajstić information content (AvgIpc) is 2.64. The lowest BCUT2D eigenvalue weighted by Crippen LogP contribution is -2.17. The van der Waals surface area contributed by atoms with Gasteiger partial charge >= 0.3 is 0 Å². The van der Waals surface area contributed by atoms with Crippen molar-refractivity contribution in [1.82, 2.24) is 0 Å². The number of rotatable bonds is 5. The largest absolute Gasteiger partial charge is 0.396 e. The second-order valence-electron chi connectivity index (χ2n) is 6.06. The minimum atomic E-state index is -0.00798. The first kappa shape index (κ1) is 16.7. The Morgan fingerprint density at radius 1 is 1.29 bits per heavy atom. The number of nitrogens with one attached hydrogen (secondary N) is 1. The van der Waals surface area contributed by atoms with Crippen LogP contribution < -0.4 is 11.1 Å². The molecule has 21 heavy (non-hydrogen) atoms. The molecule has 0 unspecified atom stereocenters. The van der Waals surface area contributed by atoms with Crippen LogP contribution in [0.1, 0.15) is 62.0 Å². The van der Waals surface area contributed by atoms with Gasteiger partial charge in [0.25, 0.3) is 0 Å².